The van der Waals surface area contributed by atoms with E-state index in [2.05, 4.69) is 0 Å². The Hall–Kier alpha value is -3.42. The zero-order chi connectivity index (χ0) is 20.5. The summed E-state index contributed by atoms with van der Waals surface area (Å²) in [5.41, 5.74) is 0.441. The summed E-state index contributed by atoms with van der Waals surface area (Å²) in [6, 6.07) is 11.2. The van der Waals surface area contributed by atoms with Crippen LogP contribution in [0.25, 0.3) is 0 Å². The van der Waals surface area contributed by atoms with E-state index >= 15 is 0 Å². The molecule has 0 spiro atoms. The highest BCUT2D eigenvalue weighted by Gasteiger charge is 2.16. The fourth-order valence-corrected chi connectivity index (χ4v) is 2.36. The Morgan fingerprint density at radius 2 is 1.75 bits per heavy atom. The van der Waals surface area contributed by atoms with Crippen molar-refractivity contribution in [3.63, 3.8) is 0 Å². The molecule has 28 heavy (non-hydrogen) atoms. The Balaban J connectivity index is 1.72. The van der Waals surface area contributed by atoms with Gasteiger partial charge in [0.2, 0.25) is 5.78 Å². The molecule has 0 saturated carbocycles. The summed E-state index contributed by atoms with van der Waals surface area (Å²) in [5.74, 6) is 0.351. The molecular weight excluding hydrogens is 366 g/mol. The number of nitro benzene ring substituents is 1. The summed E-state index contributed by atoms with van der Waals surface area (Å²) in [7, 11) is 1.58. The molecule has 0 radical (unpaired) electrons. The fourth-order valence-electron chi connectivity index (χ4n) is 2.36. The molecule has 0 bridgehead atoms. The van der Waals surface area contributed by atoms with Crippen LogP contribution in [0.1, 0.15) is 28.8 Å². The molecule has 0 heterocycles. The molecule has 2 rings (SSSR count). The molecule has 0 unspecified atom stereocenters. The third-order valence-corrected chi connectivity index (χ3v) is 3.95. The smallest absolute Gasteiger partial charge is 0.306 e. The van der Waals surface area contributed by atoms with Gasteiger partial charge < -0.3 is 14.2 Å². The number of hydrogen-bond donors (Lipinski definition) is 0. The second-order valence-electron chi connectivity index (χ2n) is 5.97. The molecule has 0 aliphatic heterocycles. The summed E-state index contributed by atoms with van der Waals surface area (Å²) in [6.45, 7) is 1.44. The van der Waals surface area contributed by atoms with Crippen LogP contribution in [0.5, 0.6) is 11.5 Å². The number of Topliss-reactive ketones (excluding diaryl/α,β-unsaturated/α-hetero) is 1. The number of rotatable bonds is 10. The van der Waals surface area contributed by atoms with Crippen LogP contribution in [0.3, 0.4) is 0 Å². The number of nitrogens with zero attached hydrogens (tertiary/aromatic N) is 1. The number of methoxy groups -OCH3 is 1. The molecule has 2 aromatic rings. The van der Waals surface area contributed by atoms with Gasteiger partial charge in [-0.05, 0) is 37.6 Å². The van der Waals surface area contributed by atoms with Crippen LogP contribution < -0.4 is 9.47 Å². The second kappa shape index (κ2) is 10.1. The van der Waals surface area contributed by atoms with Crippen LogP contribution in [0.15, 0.2) is 42.5 Å². The second-order valence-corrected chi connectivity index (χ2v) is 5.97. The van der Waals surface area contributed by atoms with Crippen molar-refractivity contribution in [3.05, 3.63) is 63.7 Å². The maximum Gasteiger partial charge on any atom is 0.306 e. The Morgan fingerprint density at radius 3 is 2.39 bits per heavy atom. The van der Waals surface area contributed by atoms with E-state index in [1.807, 2.05) is 0 Å². The van der Waals surface area contributed by atoms with Gasteiger partial charge in [-0.1, -0.05) is 12.1 Å². The lowest BCUT2D eigenvalue weighted by Gasteiger charge is -2.07. The number of benzene rings is 2. The number of nitro groups is 1. The van der Waals surface area contributed by atoms with Gasteiger partial charge in [0, 0.05) is 23.6 Å². The Labute approximate surface area is 162 Å². The number of hydrogen-bond acceptors (Lipinski definition) is 7. The average Bonchev–Trinajstić information content (AvgIpc) is 2.70. The number of aryl methyl sites for hydroxylation is 1. The molecule has 0 N–H and O–H groups in total. The lowest BCUT2D eigenvalue weighted by atomic mass is 10.1. The van der Waals surface area contributed by atoms with Crippen molar-refractivity contribution in [1.82, 2.24) is 0 Å². The van der Waals surface area contributed by atoms with E-state index in [9.17, 15) is 19.7 Å². The van der Waals surface area contributed by atoms with Crippen LogP contribution in [-0.2, 0) is 9.53 Å². The van der Waals surface area contributed by atoms with Gasteiger partial charge in [-0.3, -0.25) is 19.7 Å². The van der Waals surface area contributed by atoms with Gasteiger partial charge in [0.1, 0.15) is 11.5 Å². The van der Waals surface area contributed by atoms with Crippen molar-refractivity contribution in [2.24, 2.45) is 0 Å². The predicted octanol–water partition coefficient (Wildman–Crippen LogP) is 3.50. The monoisotopic (exact) mass is 387 g/mol. The highest BCUT2D eigenvalue weighted by Crippen LogP contribution is 2.20. The molecule has 2 aromatic carbocycles. The average molecular weight is 387 g/mol. The normalized spacial score (nSPS) is 10.2. The van der Waals surface area contributed by atoms with Crippen molar-refractivity contribution in [2.45, 2.75) is 19.8 Å². The zero-order valence-corrected chi connectivity index (χ0v) is 15.7. The van der Waals surface area contributed by atoms with Crippen LogP contribution in [0, 0.1) is 17.0 Å². The first kappa shape index (κ1) is 20.9. The third kappa shape index (κ3) is 6.08. The fraction of sp³-hybridized carbons (Fsp3) is 0.300. The van der Waals surface area contributed by atoms with Gasteiger partial charge in [-0.25, -0.2) is 0 Å². The largest absolute Gasteiger partial charge is 0.497 e. The van der Waals surface area contributed by atoms with Crippen LogP contribution in [0.2, 0.25) is 0 Å². The molecule has 0 atom stereocenters. The van der Waals surface area contributed by atoms with Gasteiger partial charge in [-0.15, -0.1) is 0 Å². The van der Waals surface area contributed by atoms with Crippen molar-refractivity contribution >= 4 is 17.4 Å². The van der Waals surface area contributed by atoms with Crippen LogP contribution in [0.4, 0.5) is 5.69 Å². The van der Waals surface area contributed by atoms with Crippen LogP contribution >= 0.6 is 0 Å². The van der Waals surface area contributed by atoms with Crippen molar-refractivity contribution in [2.75, 3.05) is 20.3 Å². The predicted molar refractivity (Wildman–Crippen MR) is 101 cm³/mol. The standard InChI is InChI=1S/C20H21NO7/c1-14-5-6-15(12-18(14)21(24)25)19(22)13-28-20(23)4-3-11-27-17-9-7-16(26-2)8-10-17/h5-10,12H,3-4,11,13H2,1-2H3. The summed E-state index contributed by atoms with van der Waals surface area (Å²) in [5, 5.41) is 10.9. The lowest BCUT2D eigenvalue weighted by Crippen LogP contribution is -2.15. The lowest BCUT2D eigenvalue weighted by molar-refractivity contribution is -0.385. The van der Waals surface area contributed by atoms with E-state index in [0.717, 1.165) is 5.75 Å². The molecule has 0 aliphatic carbocycles. The van der Waals surface area contributed by atoms with Crippen molar-refractivity contribution < 1.29 is 28.7 Å². The van der Waals surface area contributed by atoms with Crippen molar-refractivity contribution in [3.8, 4) is 11.5 Å². The van der Waals surface area contributed by atoms with Gasteiger partial charge in [-0.2, -0.15) is 0 Å². The number of carbonyl (C=O) groups is 2. The van der Waals surface area contributed by atoms with Gasteiger partial charge in [0.25, 0.3) is 5.69 Å². The number of ketones is 1. The van der Waals surface area contributed by atoms with E-state index in [1.165, 1.54) is 18.2 Å². The Bertz CT molecular complexity index is 846. The van der Waals surface area contributed by atoms with E-state index < -0.39 is 23.3 Å². The van der Waals surface area contributed by atoms with Gasteiger partial charge in [0.05, 0.1) is 18.6 Å². The molecule has 0 aromatic heterocycles. The topological polar surface area (TPSA) is 105 Å². The summed E-state index contributed by atoms with van der Waals surface area (Å²) < 4.78 is 15.5. The first-order valence-corrected chi connectivity index (χ1v) is 8.61. The Kier molecular flexibility index (Phi) is 7.50. The molecule has 0 amide bonds. The maximum atomic E-state index is 12.1. The minimum absolute atomic E-state index is 0.0947. The number of ether oxygens (including phenoxy) is 3. The zero-order valence-electron chi connectivity index (χ0n) is 15.7. The molecule has 148 valence electrons. The summed E-state index contributed by atoms with van der Waals surface area (Å²) in [4.78, 5) is 34.2. The molecule has 0 fully saturated rings. The Morgan fingerprint density at radius 1 is 1.07 bits per heavy atom. The van der Waals surface area contributed by atoms with E-state index in [0.29, 0.717) is 24.3 Å². The van der Waals surface area contributed by atoms with E-state index in [4.69, 9.17) is 14.2 Å². The maximum absolute atomic E-state index is 12.1. The minimum Gasteiger partial charge on any atom is -0.497 e. The summed E-state index contributed by atoms with van der Waals surface area (Å²) in [6.07, 6.45) is 0.520. The number of carbonyl (C=O) groups excluding carboxylic acids is 2. The van der Waals surface area contributed by atoms with E-state index in [1.54, 1.807) is 38.3 Å². The quantitative estimate of drug-likeness (QED) is 0.202. The van der Waals surface area contributed by atoms with Gasteiger partial charge >= 0.3 is 5.97 Å². The number of esters is 1. The van der Waals surface area contributed by atoms with Crippen LogP contribution in [-0.4, -0.2) is 37.0 Å². The highest BCUT2D eigenvalue weighted by molar-refractivity contribution is 5.98. The molecule has 8 nitrogen and oxygen atoms in total. The summed E-state index contributed by atoms with van der Waals surface area (Å²) >= 11 is 0. The van der Waals surface area contributed by atoms with E-state index in [-0.39, 0.29) is 17.7 Å². The molecular formula is C20H21NO7. The molecule has 0 aliphatic rings. The first-order chi connectivity index (χ1) is 13.4. The third-order valence-electron chi connectivity index (χ3n) is 3.95. The highest BCUT2D eigenvalue weighted by atomic mass is 16.6. The SMILES string of the molecule is COc1ccc(OCCCC(=O)OCC(=O)c2ccc(C)c([N+](=O)[O-])c2)cc1. The molecule has 8 heteroatoms. The van der Waals surface area contributed by atoms with Gasteiger partial charge in [0.15, 0.2) is 6.61 Å². The molecule has 0 saturated heterocycles. The first-order valence-electron chi connectivity index (χ1n) is 8.61. The minimum atomic E-state index is -0.555. The van der Waals surface area contributed by atoms with Crippen molar-refractivity contribution in [1.29, 1.82) is 0 Å².